The summed E-state index contributed by atoms with van der Waals surface area (Å²) in [6, 6.07) is 1.70. The van der Waals surface area contributed by atoms with Gasteiger partial charge in [0.25, 0.3) is 0 Å². The van der Waals surface area contributed by atoms with Crippen LogP contribution in [0, 0.1) is 11.3 Å². The fourth-order valence-corrected chi connectivity index (χ4v) is 1.07. The number of ether oxygens (including phenoxy) is 2. The molecule has 0 aliphatic rings. The number of unbranched alkanes of at least 4 members (excludes halogenated alkanes) is 1. The summed E-state index contributed by atoms with van der Waals surface area (Å²) in [5, 5.41) is 17.1. The molecule has 0 radical (unpaired) electrons. The van der Waals surface area contributed by atoms with Crippen molar-refractivity contribution in [1.82, 2.24) is 0 Å². The van der Waals surface area contributed by atoms with Gasteiger partial charge in [0, 0.05) is 24.7 Å². The summed E-state index contributed by atoms with van der Waals surface area (Å²) in [5.41, 5.74) is 0.0689. The highest BCUT2D eigenvalue weighted by Gasteiger charge is 2.06. The Hall–Kier alpha value is -1.38. The van der Waals surface area contributed by atoms with Crippen molar-refractivity contribution in [2.45, 2.75) is 26.2 Å². The van der Waals surface area contributed by atoms with Crippen molar-refractivity contribution in [1.29, 1.82) is 5.26 Å². The molecule has 0 amide bonds. The molecule has 17 heavy (non-hydrogen) atoms. The van der Waals surface area contributed by atoms with Crippen LogP contribution in [0.4, 0.5) is 0 Å². The first-order valence-corrected chi connectivity index (χ1v) is 5.69. The van der Waals surface area contributed by atoms with Crippen LogP contribution in [-0.2, 0) is 14.3 Å². The van der Waals surface area contributed by atoms with E-state index in [9.17, 15) is 4.79 Å². The molecular formula is C12H19NO4. The lowest BCUT2D eigenvalue weighted by Gasteiger charge is -2.05. The van der Waals surface area contributed by atoms with Gasteiger partial charge >= 0.3 is 5.97 Å². The summed E-state index contributed by atoms with van der Waals surface area (Å²) >= 11 is 0. The fourth-order valence-electron chi connectivity index (χ4n) is 1.07. The van der Waals surface area contributed by atoms with Crippen LogP contribution in [-0.4, -0.2) is 37.5 Å². The van der Waals surface area contributed by atoms with Gasteiger partial charge in [0.05, 0.1) is 25.9 Å². The van der Waals surface area contributed by atoms with E-state index in [0.29, 0.717) is 13.2 Å². The van der Waals surface area contributed by atoms with Crippen molar-refractivity contribution in [3.8, 4) is 6.07 Å². The van der Waals surface area contributed by atoms with Crippen molar-refractivity contribution in [2.75, 3.05) is 26.4 Å². The highest BCUT2D eigenvalue weighted by molar-refractivity contribution is 5.87. The van der Waals surface area contributed by atoms with E-state index in [1.165, 1.54) is 0 Å². The number of carbonyl (C=O) groups is 1. The normalized spacial score (nSPS) is 11.2. The minimum Gasteiger partial charge on any atom is -0.478 e. The zero-order valence-electron chi connectivity index (χ0n) is 10.1. The second kappa shape index (κ2) is 11.1. The molecule has 0 bridgehead atoms. The molecule has 0 rings (SSSR count). The highest BCUT2D eigenvalue weighted by atomic mass is 16.5. The lowest BCUT2D eigenvalue weighted by molar-refractivity contribution is -0.132. The first-order chi connectivity index (χ1) is 8.22. The van der Waals surface area contributed by atoms with E-state index in [1.807, 2.05) is 0 Å². The Morgan fingerprint density at radius 1 is 1.29 bits per heavy atom. The topological polar surface area (TPSA) is 79.5 Å². The van der Waals surface area contributed by atoms with Gasteiger partial charge in [-0.15, -0.1) is 0 Å². The molecule has 0 fully saturated rings. The van der Waals surface area contributed by atoms with Gasteiger partial charge in [-0.3, -0.25) is 0 Å². The Morgan fingerprint density at radius 3 is 2.47 bits per heavy atom. The molecule has 0 atom stereocenters. The summed E-state index contributed by atoms with van der Waals surface area (Å²) in [6.45, 7) is 4.08. The molecule has 96 valence electrons. The number of allylic oxidation sites excluding steroid dienone is 1. The zero-order valence-corrected chi connectivity index (χ0v) is 10.1. The second-order valence-corrected chi connectivity index (χ2v) is 3.43. The Labute approximate surface area is 102 Å². The first-order valence-electron chi connectivity index (χ1n) is 5.69. The maximum Gasteiger partial charge on any atom is 0.332 e. The average Bonchev–Trinajstić information content (AvgIpc) is 2.31. The second-order valence-electron chi connectivity index (χ2n) is 3.43. The van der Waals surface area contributed by atoms with Crippen LogP contribution in [0.15, 0.2) is 11.6 Å². The number of nitriles is 1. The quantitative estimate of drug-likeness (QED) is 0.358. The van der Waals surface area contributed by atoms with Gasteiger partial charge in [0.2, 0.25) is 0 Å². The third-order valence-corrected chi connectivity index (χ3v) is 2.04. The molecule has 0 aromatic rings. The summed E-state index contributed by atoms with van der Waals surface area (Å²) in [4.78, 5) is 10.6. The molecule has 0 unspecified atom stereocenters. The van der Waals surface area contributed by atoms with Gasteiger partial charge < -0.3 is 14.6 Å². The number of carboxylic acids is 1. The van der Waals surface area contributed by atoms with Crippen LogP contribution in [0.25, 0.3) is 0 Å². The van der Waals surface area contributed by atoms with Crippen molar-refractivity contribution in [2.24, 2.45) is 0 Å². The number of nitrogens with zero attached hydrogens (tertiary/aromatic N) is 1. The Morgan fingerprint density at radius 2 is 1.94 bits per heavy atom. The minimum atomic E-state index is -1.07. The number of aliphatic carboxylic acids is 1. The van der Waals surface area contributed by atoms with Crippen LogP contribution in [0.5, 0.6) is 0 Å². The molecule has 0 saturated carbocycles. The molecule has 0 aliphatic carbocycles. The van der Waals surface area contributed by atoms with E-state index in [1.54, 1.807) is 6.07 Å². The van der Waals surface area contributed by atoms with E-state index < -0.39 is 5.97 Å². The number of hydrogen-bond acceptors (Lipinski definition) is 4. The van der Waals surface area contributed by atoms with E-state index in [2.05, 4.69) is 6.92 Å². The van der Waals surface area contributed by atoms with E-state index in [-0.39, 0.29) is 18.6 Å². The fraction of sp³-hybridized carbons (Fsp3) is 0.667. The summed E-state index contributed by atoms with van der Waals surface area (Å²) < 4.78 is 10.5. The Balaban J connectivity index is 3.47. The predicted octanol–water partition coefficient (Wildman–Crippen LogP) is 1.74. The standard InChI is InChI=1S/C12H19NO4/c1-2-3-7-16-9-10-17-8-5-11(4-6-13)12(14)15/h4H,2-3,5,7-10H2,1H3,(H,14,15). The van der Waals surface area contributed by atoms with Crippen LogP contribution in [0.1, 0.15) is 26.2 Å². The molecule has 1 N–H and O–H groups in total. The van der Waals surface area contributed by atoms with Gasteiger partial charge in [-0.2, -0.15) is 5.26 Å². The highest BCUT2D eigenvalue weighted by Crippen LogP contribution is 2.01. The van der Waals surface area contributed by atoms with Gasteiger partial charge in [0.15, 0.2) is 0 Å². The van der Waals surface area contributed by atoms with Crippen molar-refractivity contribution in [3.63, 3.8) is 0 Å². The smallest absolute Gasteiger partial charge is 0.332 e. The van der Waals surface area contributed by atoms with E-state index >= 15 is 0 Å². The summed E-state index contributed by atoms with van der Waals surface area (Å²) in [6.07, 6.45) is 3.40. The number of carboxylic acid groups (broad SMARTS) is 1. The van der Waals surface area contributed by atoms with Gasteiger partial charge in [-0.25, -0.2) is 4.79 Å². The van der Waals surface area contributed by atoms with Crippen LogP contribution in [0.3, 0.4) is 0 Å². The number of rotatable bonds is 10. The average molecular weight is 241 g/mol. The lowest BCUT2D eigenvalue weighted by atomic mass is 10.2. The third-order valence-electron chi connectivity index (χ3n) is 2.04. The zero-order chi connectivity index (χ0) is 12.9. The molecule has 0 aromatic carbocycles. The SMILES string of the molecule is CCCCOCCOCCC(=CC#N)C(=O)O. The summed E-state index contributed by atoms with van der Waals surface area (Å²) in [5.74, 6) is -1.07. The monoisotopic (exact) mass is 241 g/mol. The molecule has 0 aromatic heterocycles. The van der Waals surface area contributed by atoms with Gasteiger partial charge in [0.1, 0.15) is 0 Å². The lowest BCUT2D eigenvalue weighted by Crippen LogP contribution is -2.09. The Kier molecular flexibility index (Phi) is 10.2. The Bertz CT molecular complexity index is 281. The molecule has 0 saturated heterocycles. The van der Waals surface area contributed by atoms with Gasteiger partial charge in [-0.1, -0.05) is 13.3 Å². The third kappa shape index (κ3) is 9.54. The molecule has 0 heterocycles. The molecule has 0 spiro atoms. The van der Waals surface area contributed by atoms with E-state index in [4.69, 9.17) is 19.8 Å². The summed E-state index contributed by atoms with van der Waals surface area (Å²) in [7, 11) is 0. The predicted molar refractivity (Wildman–Crippen MR) is 62.5 cm³/mol. The first kappa shape index (κ1) is 15.6. The van der Waals surface area contributed by atoms with Crippen LogP contribution < -0.4 is 0 Å². The van der Waals surface area contributed by atoms with Crippen LogP contribution >= 0.6 is 0 Å². The van der Waals surface area contributed by atoms with E-state index in [0.717, 1.165) is 25.5 Å². The van der Waals surface area contributed by atoms with Crippen molar-refractivity contribution < 1.29 is 19.4 Å². The molecular weight excluding hydrogens is 222 g/mol. The molecule has 0 aliphatic heterocycles. The largest absolute Gasteiger partial charge is 0.478 e. The minimum absolute atomic E-state index is 0.0689. The molecule has 5 nitrogen and oxygen atoms in total. The van der Waals surface area contributed by atoms with Crippen LogP contribution in [0.2, 0.25) is 0 Å². The maximum atomic E-state index is 10.6. The van der Waals surface area contributed by atoms with Gasteiger partial charge in [-0.05, 0) is 6.42 Å². The van der Waals surface area contributed by atoms with Crippen molar-refractivity contribution >= 4 is 5.97 Å². The molecule has 5 heteroatoms. The number of hydrogen-bond donors (Lipinski definition) is 1. The maximum absolute atomic E-state index is 10.6. The van der Waals surface area contributed by atoms with Crippen molar-refractivity contribution in [3.05, 3.63) is 11.6 Å².